The minimum atomic E-state index is 0.329. The van der Waals surface area contributed by atoms with Crippen LogP contribution in [0.15, 0.2) is 36.7 Å². The lowest BCUT2D eigenvalue weighted by molar-refractivity contribution is 0.777. The molecule has 5 heteroatoms. The van der Waals surface area contributed by atoms with Crippen LogP contribution in [-0.2, 0) is 6.42 Å². The van der Waals surface area contributed by atoms with Gasteiger partial charge < -0.3 is 10.2 Å². The van der Waals surface area contributed by atoms with Gasteiger partial charge in [0.25, 0.3) is 0 Å². The van der Waals surface area contributed by atoms with Crippen molar-refractivity contribution in [1.82, 2.24) is 9.97 Å². The second-order valence-electron chi connectivity index (χ2n) is 6.04. The molecule has 0 bridgehead atoms. The maximum atomic E-state index is 4.43. The van der Waals surface area contributed by atoms with E-state index in [1.807, 2.05) is 11.8 Å². The summed E-state index contributed by atoms with van der Waals surface area (Å²) >= 11 is 2.01. The Labute approximate surface area is 142 Å². The molecule has 1 atom stereocenters. The third-order valence-electron chi connectivity index (χ3n) is 4.17. The van der Waals surface area contributed by atoms with Crippen LogP contribution in [0.5, 0.6) is 0 Å². The second kappa shape index (κ2) is 7.68. The molecule has 1 fully saturated rings. The number of nitrogens with one attached hydrogen (secondary N) is 1. The standard InChI is InChI=1S/C18H24N4S/c1-14-5-3-4-6-16(14)11-15(2)21-17-12-18(20-13-19-17)22-7-9-23-10-8-22/h3-6,12-13,15H,7-11H2,1-2H3,(H,19,20,21). The fourth-order valence-electron chi connectivity index (χ4n) is 2.86. The van der Waals surface area contributed by atoms with Crippen LogP contribution >= 0.6 is 11.8 Å². The molecule has 1 aromatic carbocycles. The van der Waals surface area contributed by atoms with E-state index in [0.717, 1.165) is 31.1 Å². The molecule has 1 saturated heterocycles. The molecule has 3 rings (SSSR count). The summed E-state index contributed by atoms with van der Waals surface area (Å²) in [4.78, 5) is 11.2. The molecule has 0 spiro atoms. The fraction of sp³-hybridized carbons (Fsp3) is 0.444. The fourth-order valence-corrected chi connectivity index (χ4v) is 3.77. The molecule has 1 N–H and O–H groups in total. The number of aromatic nitrogens is 2. The Bertz CT molecular complexity index is 640. The number of hydrogen-bond acceptors (Lipinski definition) is 5. The monoisotopic (exact) mass is 328 g/mol. The Kier molecular flexibility index (Phi) is 5.39. The van der Waals surface area contributed by atoms with Gasteiger partial charge in [-0.25, -0.2) is 9.97 Å². The minimum absolute atomic E-state index is 0.329. The van der Waals surface area contributed by atoms with Crippen LogP contribution in [0.2, 0.25) is 0 Å². The van der Waals surface area contributed by atoms with E-state index in [2.05, 4.69) is 64.4 Å². The van der Waals surface area contributed by atoms with Gasteiger partial charge in [-0.15, -0.1) is 0 Å². The number of thioether (sulfide) groups is 1. The van der Waals surface area contributed by atoms with Crippen molar-refractivity contribution in [3.05, 3.63) is 47.8 Å². The number of anilines is 2. The van der Waals surface area contributed by atoms with Gasteiger partial charge in [-0.1, -0.05) is 24.3 Å². The van der Waals surface area contributed by atoms with E-state index in [0.29, 0.717) is 6.04 Å². The number of benzene rings is 1. The molecule has 0 amide bonds. The van der Waals surface area contributed by atoms with E-state index in [9.17, 15) is 0 Å². The minimum Gasteiger partial charge on any atom is -0.367 e. The van der Waals surface area contributed by atoms with E-state index in [1.54, 1.807) is 6.33 Å². The number of rotatable bonds is 5. The summed E-state index contributed by atoms with van der Waals surface area (Å²) in [5, 5.41) is 3.51. The summed E-state index contributed by atoms with van der Waals surface area (Å²) in [5.41, 5.74) is 2.73. The molecule has 122 valence electrons. The summed E-state index contributed by atoms with van der Waals surface area (Å²) < 4.78 is 0. The Balaban J connectivity index is 1.64. The smallest absolute Gasteiger partial charge is 0.134 e. The molecule has 0 saturated carbocycles. The molecule has 1 aromatic heterocycles. The lowest BCUT2D eigenvalue weighted by atomic mass is 10.0. The quantitative estimate of drug-likeness (QED) is 0.911. The number of aryl methyl sites for hydroxylation is 1. The van der Waals surface area contributed by atoms with E-state index >= 15 is 0 Å². The van der Waals surface area contributed by atoms with Crippen molar-refractivity contribution in [2.45, 2.75) is 26.3 Å². The molecule has 1 aliphatic heterocycles. The first-order valence-electron chi connectivity index (χ1n) is 8.18. The van der Waals surface area contributed by atoms with Gasteiger partial charge >= 0.3 is 0 Å². The van der Waals surface area contributed by atoms with Gasteiger partial charge in [0.05, 0.1) is 0 Å². The summed E-state index contributed by atoms with van der Waals surface area (Å²) in [6.07, 6.45) is 2.66. The first kappa shape index (κ1) is 16.1. The van der Waals surface area contributed by atoms with Gasteiger partial charge in [-0.3, -0.25) is 0 Å². The van der Waals surface area contributed by atoms with Crippen LogP contribution in [0.1, 0.15) is 18.1 Å². The van der Waals surface area contributed by atoms with E-state index in [1.165, 1.54) is 22.6 Å². The first-order valence-corrected chi connectivity index (χ1v) is 9.33. The van der Waals surface area contributed by atoms with Crippen molar-refractivity contribution in [1.29, 1.82) is 0 Å². The Morgan fingerprint density at radius 1 is 1.22 bits per heavy atom. The summed E-state index contributed by atoms with van der Waals surface area (Å²) in [6.45, 7) is 6.50. The molecule has 2 heterocycles. The molecule has 23 heavy (non-hydrogen) atoms. The predicted molar refractivity (Wildman–Crippen MR) is 99.5 cm³/mol. The van der Waals surface area contributed by atoms with Gasteiger partial charge in [-0.05, 0) is 31.4 Å². The zero-order chi connectivity index (χ0) is 16.1. The maximum Gasteiger partial charge on any atom is 0.134 e. The topological polar surface area (TPSA) is 41.0 Å². The first-order chi connectivity index (χ1) is 11.2. The van der Waals surface area contributed by atoms with Crippen LogP contribution in [0.4, 0.5) is 11.6 Å². The van der Waals surface area contributed by atoms with Gasteiger partial charge in [0.15, 0.2) is 0 Å². The van der Waals surface area contributed by atoms with Crippen molar-refractivity contribution in [2.75, 3.05) is 34.8 Å². The zero-order valence-corrected chi connectivity index (χ0v) is 14.6. The van der Waals surface area contributed by atoms with Crippen molar-refractivity contribution in [3.63, 3.8) is 0 Å². The van der Waals surface area contributed by atoms with Crippen LogP contribution < -0.4 is 10.2 Å². The number of nitrogens with zero attached hydrogens (tertiary/aromatic N) is 3. The van der Waals surface area contributed by atoms with Gasteiger partial charge in [0.2, 0.25) is 0 Å². The molecular formula is C18H24N4S. The van der Waals surface area contributed by atoms with Crippen LogP contribution in [0.25, 0.3) is 0 Å². The summed E-state index contributed by atoms with van der Waals surface area (Å²) in [5.74, 6) is 4.30. The molecule has 1 unspecified atom stereocenters. The average Bonchev–Trinajstić information content (AvgIpc) is 2.58. The predicted octanol–water partition coefficient (Wildman–Crippen LogP) is 3.38. The summed E-state index contributed by atoms with van der Waals surface area (Å²) in [6, 6.07) is 11.0. The Morgan fingerprint density at radius 3 is 2.78 bits per heavy atom. The van der Waals surface area contributed by atoms with Gasteiger partial charge in [-0.2, -0.15) is 11.8 Å². The van der Waals surface area contributed by atoms with Gasteiger partial charge in [0, 0.05) is 36.7 Å². The van der Waals surface area contributed by atoms with Crippen molar-refractivity contribution < 1.29 is 0 Å². The largest absolute Gasteiger partial charge is 0.367 e. The third kappa shape index (κ3) is 4.38. The van der Waals surface area contributed by atoms with Crippen LogP contribution in [-0.4, -0.2) is 40.6 Å². The SMILES string of the molecule is Cc1ccccc1CC(C)Nc1cc(N2CCSCC2)ncn1. The average molecular weight is 328 g/mol. The highest BCUT2D eigenvalue weighted by Crippen LogP contribution is 2.20. The van der Waals surface area contributed by atoms with Crippen LogP contribution in [0.3, 0.4) is 0 Å². The molecule has 0 radical (unpaired) electrons. The summed E-state index contributed by atoms with van der Waals surface area (Å²) in [7, 11) is 0. The van der Waals surface area contributed by atoms with Crippen LogP contribution in [0, 0.1) is 6.92 Å². The van der Waals surface area contributed by atoms with Gasteiger partial charge in [0.1, 0.15) is 18.0 Å². The second-order valence-corrected chi connectivity index (χ2v) is 7.26. The Hall–Kier alpha value is -1.75. The zero-order valence-electron chi connectivity index (χ0n) is 13.8. The highest BCUT2D eigenvalue weighted by atomic mass is 32.2. The molecular weight excluding hydrogens is 304 g/mol. The highest BCUT2D eigenvalue weighted by Gasteiger charge is 2.13. The van der Waals surface area contributed by atoms with Crippen molar-refractivity contribution in [2.24, 2.45) is 0 Å². The molecule has 2 aromatic rings. The molecule has 1 aliphatic rings. The third-order valence-corrected chi connectivity index (χ3v) is 5.11. The number of hydrogen-bond donors (Lipinski definition) is 1. The van der Waals surface area contributed by atoms with E-state index in [-0.39, 0.29) is 0 Å². The highest BCUT2D eigenvalue weighted by molar-refractivity contribution is 7.99. The normalized spacial score (nSPS) is 16.2. The lowest BCUT2D eigenvalue weighted by Gasteiger charge is -2.27. The van der Waals surface area contributed by atoms with Crippen molar-refractivity contribution >= 4 is 23.4 Å². The maximum absolute atomic E-state index is 4.43. The lowest BCUT2D eigenvalue weighted by Crippen LogP contribution is -2.33. The van der Waals surface area contributed by atoms with Crippen molar-refractivity contribution in [3.8, 4) is 0 Å². The van der Waals surface area contributed by atoms with E-state index < -0.39 is 0 Å². The Morgan fingerprint density at radius 2 is 2.00 bits per heavy atom. The van der Waals surface area contributed by atoms with E-state index in [4.69, 9.17) is 0 Å². The molecule has 4 nitrogen and oxygen atoms in total. The molecule has 0 aliphatic carbocycles.